The summed E-state index contributed by atoms with van der Waals surface area (Å²) in [6.07, 6.45) is 4.30. The molecule has 0 bridgehead atoms. The molecule has 166 valence electrons. The van der Waals surface area contributed by atoms with Gasteiger partial charge in [-0.1, -0.05) is 48.5 Å². The van der Waals surface area contributed by atoms with E-state index >= 15 is 0 Å². The minimum absolute atomic E-state index is 0.109. The largest absolute Gasteiger partial charge is 0.507 e. The first-order valence-corrected chi connectivity index (χ1v) is 11.5. The molecule has 2 aliphatic rings. The van der Waals surface area contributed by atoms with Gasteiger partial charge in [0.25, 0.3) is 11.7 Å². The van der Waals surface area contributed by atoms with E-state index in [0.29, 0.717) is 11.3 Å². The summed E-state index contributed by atoms with van der Waals surface area (Å²) in [5, 5.41) is 11.4. The number of hydrogen-bond donors (Lipinski definition) is 1. The second-order valence-electron chi connectivity index (χ2n) is 9.12. The lowest BCUT2D eigenvalue weighted by atomic mass is 9.88. The predicted molar refractivity (Wildman–Crippen MR) is 130 cm³/mol. The number of Topliss-reactive ketones (excluding diaryl/α,β-unsaturated/α-hetero) is 1. The molecule has 1 unspecified atom stereocenters. The topological polar surface area (TPSA) is 57.6 Å². The minimum atomic E-state index is -0.691. The van der Waals surface area contributed by atoms with E-state index in [2.05, 4.69) is 0 Å². The van der Waals surface area contributed by atoms with Crippen molar-refractivity contribution in [2.75, 3.05) is 4.90 Å². The minimum Gasteiger partial charge on any atom is -0.507 e. The first-order valence-electron chi connectivity index (χ1n) is 11.5. The van der Waals surface area contributed by atoms with Crippen LogP contribution in [0.3, 0.4) is 0 Å². The SMILES string of the molecule is Cc1cc(C)cc(N2C(=O)C(=O)/C(=C(\O)c3ccc4c(c3)CCCC4)C2c2ccccc2)c1. The Morgan fingerprint density at radius 1 is 0.848 bits per heavy atom. The summed E-state index contributed by atoms with van der Waals surface area (Å²) in [7, 11) is 0. The molecule has 33 heavy (non-hydrogen) atoms. The molecule has 1 fully saturated rings. The first kappa shape index (κ1) is 21.2. The lowest BCUT2D eigenvalue weighted by Gasteiger charge is -2.26. The van der Waals surface area contributed by atoms with Crippen LogP contribution in [0.15, 0.2) is 72.3 Å². The van der Waals surface area contributed by atoms with Gasteiger partial charge in [0.05, 0.1) is 11.6 Å². The highest BCUT2D eigenvalue weighted by Gasteiger charge is 2.47. The monoisotopic (exact) mass is 437 g/mol. The highest BCUT2D eigenvalue weighted by atomic mass is 16.3. The van der Waals surface area contributed by atoms with E-state index in [1.165, 1.54) is 22.4 Å². The summed E-state index contributed by atoms with van der Waals surface area (Å²) < 4.78 is 0. The van der Waals surface area contributed by atoms with Gasteiger partial charge < -0.3 is 5.11 Å². The zero-order valence-corrected chi connectivity index (χ0v) is 19.0. The Labute approximate surface area is 194 Å². The van der Waals surface area contributed by atoms with Gasteiger partial charge in [-0.2, -0.15) is 0 Å². The lowest BCUT2D eigenvalue weighted by Crippen LogP contribution is -2.29. The summed E-state index contributed by atoms with van der Waals surface area (Å²) >= 11 is 0. The van der Waals surface area contributed by atoms with Gasteiger partial charge >= 0.3 is 0 Å². The number of rotatable bonds is 3. The fraction of sp³-hybridized carbons (Fsp3) is 0.241. The van der Waals surface area contributed by atoms with E-state index < -0.39 is 17.7 Å². The smallest absolute Gasteiger partial charge is 0.300 e. The zero-order chi connectivity index (χ0) is 23.1. The number of anilines is 1. The van der Waals surface area contributed by atoms with E-state index in [4.69, 9.17) is 0 Å². The highest BCUT2D eigenvalue weighted by Crippen LogP contribution is 2.42. The van der Waals surface area contributed by atoms with Crippen LogP contribution in [0.25, 0.3) is 5.76 Å². The molecule has 1 aliphatic heterocycles. The number of hydrogen-bond acceptors (Lipinski definition) is 3. The molecular weight excluding hydrogens is 410 g/mol. The number of benzene rings is 3. The van der Waals surface area contributed by atoms with Crippen LogP contribution in [0.4, 0.5) is 5.69 Å². The van der Waals surface area contributed by atoms with Crippen molar-refractivity contribution in [1.82, 2.24) is 0 Å². The van der Waals surface area contributed by atoms with Crippen molar-refractivity contribution < 1.29 is 14.7 Å². The van der Waals surface area contributed by atoms with Gasteiger partial charge in [0.1, 0.15) is 5.76 Å². The van der Waals surface area contributed by atoms with Crippen molar-refractivity contribution >= 4 is 23.1 Å². The Morgan fingerprint density at radius 3 is 2.21 bits per heavy atom. The molecule has 5 rings (SSSR count). The number of ketones is 1. The number of aliphatic hydroxyl groups is 1. The number of nitrogens with zero attached hydrogens (tertiary/aromatic N) is 1. The van der Waals surface area contributed by atoms with Gasteiger partial charge in [0.15, 0.2) is 0 Å². The maximum Gasteiger partial charge on any atom is 0.300 e. The molecule has 1 atom stereocenters. The third-order valence-corrected chi connectivity index (χ3v) is 6.67. The van der Waals surface area contributed by atoms with Crippen LogP contribution >= 0.6 is 0 Å². The first-order chi connectivity index (χ1) is 15.9. The molecule has 1 heterocycles. The second-order valence-corrected chi connectivity index (χ2v) is 9.12. The van der Waals surface area contributed by atoms with Crippen molar-refractivity contribution in [2.45, 2.75) is 45.6 Å². The Hall–Kier alpha value is -3.66. The summed E-state index contributed by atoms with van der Waals surface area (Å²) in [6, 6.07) is 20.5. The van der Waals surface area contributed by atoms with Gasteiger partial charge in [0.2, 0.25) is 0 Å². The number of fused-ring (bicyclic) bond motifs is 1. The van der Waals surface area contributed by atoms with E-state index in [1.54, 1.807) is 0 Å². The molecule has 1 N–H and O–H groups in total. The molecule has 3 aromatic carbocycles. The maximum absolute atomic E-state index is 13.3. The summed E-state index contributed by atoms with van der Waals surface area (Å²) in [6.45, 7) is 3.94. The Kier molecular flexibility index (Phi) is 5.37. The Balaban J connectivity index is 1.70. The molecule has 3 aromatic rings. The number of aliphatic hydroxyl groups excluding tert-OH is 1. The van der Waals surface area contributed by atoms with Gasteiger partial charge in [-0.05, 0) is 85.5 Å². The number of amides is 1. The van der Waals surface area contributed by atoms with Crippen LogP contribution in [0.2, 0.25) is 0 Å². The van der Waals surface area contributed by atoms with Crippen LogP contribution in [0.1, 0.15) is 52.3 Å². The molecule has 0 aromatic heterocycles. The van der Waals surface area contributed by atoms with Crippen LogP contribution < -0.4 is 4.90 Å². The molecule has 1 aliphatic carbocycles. The van der Waals surface area contributed by atoms with Gasteiger partial charge in [-0.25, -0.2) is 0 Å². The fourth-order valence-electron chi connectivity index (χ4n) is 5.18. The average Bonchev–Trinajstić information content (AvgIpc) is 3.08. The molecular formula is C29H27NO3. The molecule has 1 amide bonds. The molecule has 0 spiro atoms. The van der Waals surface area contributed by atoms with Crippen molar-refractivity contribution in [3.8, 4) is 0 Å². The van der Waals surface area contributed by atoms with E-state index in [1.807, 2.05) is 80.6 Å². The molecule has 0 saturated carbocycles. The van der Waals surface area contributed by atoms with Crippen molar-refractivity contribution in [3.63, 3.8) is 0 Å². The molecule has 0 radical (unpaired) electrons. The van der Waals surface area contributed by atoms with Crippen LogP contribution in [-0.4, -0.2) is 16.8 Å². The second kappa shape index (κ2) is 8.36. The Morgan fingerprint density at radius 2 is 1.52 bits per heavy atom. The van der Waals surface area contributed by atoms with Crippen LogP contribution in [-0.2, 0) is 22.4 Å². The van der Waals surface area contributed by atoms with Gasteiger partial charge in [-0.15, -0.1) is 0 Å². The zero-order valence-electron chi connectivity index (χ0n) is 19.0. The van der Waals surface area contributed by atoms with Crippen molar-refractivity contribution in [3.05, 3.63) is 106 Å². The van der Waals surface area contributed by atoms with Crippen molar-refractivity contribution in [2.24, 2.45) is 0 Å². The molecule has 1 saturated heterocycles. The predicted octanol–water partition coefficient (Wildman–Crippen LogP) is 5.81. The maximum atomic E-state index is 13.3. The third kappa shape index (κ3) is 3.76. The van der Waals surface area contributed by atoms with Gasteiger partial charge in [-0.3, -0.25) is 14.5 Å². The van der Waals surface area contributed by atoms with E-state index in [9.17, 15) is 14.7 Å². The van der Waals surface area contributed by atoms with Crippen LogP contribution in [0.5, 0.6) is 0 Å². The number of aryl methyl sites for hydroxylation is 4. The normalized spacial score (nSPS) is 19.6. The molecule has 4 nitrogen and oxygen atoms in total. The fourth-order valence-corrected chi connectivity index (χ4v) is 5.18. The average molecular weight is 438 g/mol. The highest BCUT2D eigenvalue weighted by molar-refractivity contribution is 6.51. The summed E-state index contributed by atoms with van der Waals surface area (Å²) in [5.74, 6) is -1.38. The Bertz CT molecular complexity index is 1270. The van der Waals surface area contributed by atoms with Crippen LogP contribution in [0, 0.1) is 13.8 Å². The van der Waals surface area contributed by atoms with E-state index in [-0.39, 0.29) is 11.3 Å². The summed E-state index contributed by atoms with van der Waals surface area (Å²) in [4.78, 5) is 28.2. The van der Waals surface area contributed by atoms with E-state index in [0.717, 1.165) is 36.0 Å². The molecule has 4 heteroatoms. The quantitative estimate of drug-likeness (QED) is 0.320. The standard InChI is InChI=1S/C29H27NO3/c1-18-14-19(2)16-24(15-18)30-26(21-9-4-3-5-10-21)25(28(32)29(30)33)27(31)23-13-12-20-8-6-7-11-22(20)17-23/h3-5,9-10,12-17,26,31H,6-8,11H2,1-2H3/b27-25-. The number of carbonyl (C=O) groups excluding carboxylic acids is 2. The number of carbonyl (C=O) groups is 2. The van der Waals surface area contributed by atoms with Crippen molar-refractivity contribution in [1.29, 1.82) is 0 Å². The third-order valence-electron chi connectivity index (χ3n) is 6.67. The van der Waals surface area contributed by atoms with Gasteiger partial charge in [0, 0.05) is 11.3 Å². The lowest BCUT2D eigenvalue weighted by molar-refractivity contribution is -0.132. The summed E-state index contributed by atoms with van der Waals surface area (Å²) in [5.41, 5.74) is 6.71.